The molecule has 0 aliphatic carbocycles. The van der Waals surface area contributed by atoms with Crippen molar-refractivity contribution in [3.05, 3.63) is 0 Å². The molecule has 0 aromatic heterocycles. The summed E-state index contributed by atoms with van der Waals surface area (Å²) in [6, 6.07) is 1.60. The van der Waals surface area contributed by atoms with Crippen LogP contribution < -0.4 is 10.6 Å². The third kappa shape index (κ3) is 5.33. The van der Waals surface area contributed by atoms with E-state index in [1.54, 1.807) is 0 Å². The molecule has 0 spiro atoms. The monoisotopic (exact) mass is 325 g/mol. The first-order chi connectivity index (χ1) is 11.0. The van der Waals surface area contributed by atoms with Gasteiger partial charge in [-0.1, -0.05) is 6.92 Å². The van der Waals surface area contributed by atoms with Crippen LogP contribution in [0.3, 0.4) is 0 Å². The predicted molar refractivity (Wildman–Crippen MR) is 96.0 cm³/mol. The summed E-state index contributed by atoms with van der Waals surface area (Å²) in [5.41, 5.74) is 0. The Hall–Kier alpha value is -0.850. The van der Waals surface area contributed by atoms with Crippen molar-refractivity contribution in [2.24, 2.45) is 10.9 Å². The maximum atomic E-state index is 5.49. The molecule has 3 unspecified atom stereocenters. The van der Waals surface area contributed by atoms with Gasteiger partial charge in [-0.2, -0.15) is 0 Å². The van der Waals surface area contributed by atoms with Crippen molar-refractivity contribution < 1.29 is 4.74 Å². The minimum atomic E-state index is 0.478. The predicted octanol–water partition coefficient (Wildman–Crippen LogP) is 0.601. The Balaban J connectivity index is 1.73. The summed E-state index contributed by atoms with van der Waals surface area (Å²) in [4.78, 5) is 9.40. The van der Waals surface area contributed by atoms with Crippen LogP contribution in [0.5, 0.6) is 0 Å². The Morgan fingerprint density at radius 2 is 2.09 bits per heavy atom. The average molecular weight is 326 g/mol. The number of aliphatic imine (C=N–C) groups is 1. The zero-order valence-corrected chi connectivity index (χ0v) is 15.5. The topological polar surface area (TPSA) is 52.1 Å². The van der Waals surface area contributed by atoms with Crippen molar-refractivity contribution in [2.45, 2.75) is 45.8 Å². The fraction of sp³-hybridized carbons (Fsp3) is 0.941. The first-order valence-corrected chi connectivity index (χ1v) is 9.04. The van der Waals surface area contributed by atoms with Crippen LogP contribution in [0.25, 0.3) is 0 Å². The molecule has 0 aromatic rings. The van der Waals surface area contributed by atoms with E-state index in [-0.39, 0.29) is 0 Å². The molecule has 23 heavy (non-hydrogen) atoms. The van der Waals surface area contributed by atoms with Crippen LogP contribution in [0.15, 0.2) is 4.99 Å². The molecule has 2 aliphatic rings. The molecule has 2 heterocycles. The highest BCUT2D eigenvalue weighted by Gasteiger charge is 2.31. The van der Waals surface area contributed by atoms with Crippen molar-refractivity contribution in [2.75, 3.05) is 53.0 Å². The number of guanidine groups is 1. The number of rotatable bonds is 5. The first-order valence-electron chi connectivity index (χ1n) is 9.04. The molecule has 2 rings (SSSR count). The summed E-state index contributed by atoms with van der Waals surface area (Å²) in [5.74, 6) is 1.57. The minimum absolute atomic E-state index is 0.478. The van der Waals surface area contributed by atoms with Gasteiger partial charge in [0.05, 0.1) is 13.2 Å². The second-order valence-electron chi connectivity index (χ2n) is 7.23. The molecule has 6 heteroatoms. The molecule has 2 fully saturated rings. The van der Waals surface area contributed by atoms with E-state index in [0.717, 1.165) is 51.9 Å². The molecule has 2 N–H and O–H groups in total. The fourth-order valence-electron chi connectivity index (χ4n) is 3.40. The van der Waals surface area contributed by atoms with Gasteiger partial charge in [0.2, 0.25) is 0 Å². The van der Waals surface area contributed by atoms with Crippen molar-refractivity contribution in [1.29, 1.82) is 0 Å². The molecule has 0 bridgehead atoms. The van der Waals surface area contributed by atoms with Gasteiger partial charge in [-0.05, 0) is 26.7 Å². The first kappa shape index (κ1) is 18.5. The zero-order valence-electron chi connectivity index (χ0n) is 15.5. The molecular formula is C17H35N5O. The summed E-state index contributed by atoms with van der Waals surface area (Å²) in [5, 5.41) is 7.07. The minimum Gasteiger partial charge on any atom is -0.379 e. The van der Waals surface area contributed by atoms with Gasteiger partial charge in [0.25, 0.3) is 0 Å². The molecule has 0 amide bonds. The molecule has 0 radical (unpaired) electrons. The van der Waals surface area contributed by atoms with Crippen LogP contribution in [0.1, 0.15) is 27.7 Å². The van der Waals surface area contributed by atoms with Gasteiger partial charge >= 0.3 is 0 Å². The third-order valence-electron chi connectivity index (χ3n) is 5.11. The van der Waals surface area contributed by atoms with Crippen molar-refractivity contribution in [3.63, 3.8) is 0 Å². The maximum absolute atomic E-state index is 5.49. The Bertz CT molecular complexity index is 387. The van der Waals surface area contributed by atoms with Gasteiger partial charge < -0.3 is 15.4 Å². The van der Waals surface area contributed by atoms with E-state index in [0.29, 0.717) is 24.0 Å². The van der Waals surface area contributed by atoms with Crippen molar-refractivity contribution in [3.8, 4) is 0 Å². The van der Waals surface area contributed by atoms with Crippen LogP contribution in [0, 0.1) is 5.92 Å². The van der Waals surface area contributed by atoms with Gasteiger partial charge in [0, 0.05) is 57.9 Å². The number of hydrogen-bond donors (Lipinski definition) is 2. The van der Waals surface area contributed by atoms with E-state index in [1.807, 2.05) is 7.05 Å². The number of hydrogen-bond acceptors (Lipinski definition) is 4. The van der Waals surface area contributed by atoms with Crippen LogP contribution >= 0.6 is 0 Å². The average Bonchev–Trinajstić information content (AvgIpc) is 2.89. The lowest BCUT2D eigenvalue weighted by atomic mass is 10.1. The second kappa shape index (κ2) is 8.85. The highest BCUT2D eigenvalue weighted by Crippen LogP contribution is 2.18. The number of nitrogens with one attached hydrogen (secondary N) is 2. The SMILES string of the molecule is CN=C(NCCN1CCOCC1C)NC1CN(C(C)C)CC1C. The van der Waals surface area contributed by atoms with E-state index in [4.69, 9.17) is 4.74 Å². The summed E-state index contributed by atoms with van der Waals surface area (Å²) >= 11 is 0. The van der Waals surface area contributed by atoms with E-state index in [9.17, 15) is 0 Å². The zero-order chi connectivity index (χ0) is 16.8. The highest BCUT2D eigenvalue weighted by molar-refractivity contribution is 5.80. The second-order valence-corrected chi connectivity index (χ2v) is 7.23. The smallest absolute Gasteiger partial charge is 0.191 e. The van der Waals surface area contributed by atoms with Gasteiger partial charge in [-0.25, -0.2) is 0 Å². The highest BCUT2D eigenvalue weighted by atomic mass is 16.5. The van der Waals surface area contributed by atoms with E-state index >= 15 is 0 Å². The quantitative estimate of drug-likeness (QED) is 0.573. The Kier molecular flexibility index (Phi) is 7.11. The molecule has 134 valence electrons. The summed E-state index contributed by atoms with van der Waals surface area (Å²) in [6.07, 6.45) is 0. The van der Waals surface area contributed by atoms with Gasteiger partial charge in [-0.3, -0.25) is 14.8 Å². The van der Waals surface area contributed by atoms with Gasteiger partial charge in [0.15, 0.2) is 5.96 Å². The summed E-state index contributed by atoms with van der Waals surface area (Å²) in [6.45, 7) is 16.0. The van der Waals surface area contributed by atoms with Gasteiger partial charge in [0.1, 0.15) is 0 Å². The van der Waals surface area contributed by atoms with Crippen molar-refractivity contribution >= 4 is 5.96 Å². The lowest BCUT2D eigenvalue weighted by molar-refractivity contribution is 0.000875. The molecule has 3 atom stereocenters. The third-order valence-corrected chi connectivity index (χ3v) is 5.11. The molecule has 6 nitrogen and oxygen atoms in total. The number of morpholine rings is 1. The number of ether oxygens (including phenoxy) is 1. The van der Waals surface area contributed by atoms with Crippen molar-refractivity contribution in [1.82, 2.24) is 20.4 Å². The molecule has 0 saturated carbocycles. The summed E-state index contributed by atoms with van der Waals surface area (Å²) in [7, 11) is 1.85. The van der Waals surface area contributed by atoms with E-state index in [1.165, 1.54) is 0 Å². The Morgan fingerprint density at radius 3 is 2.70 bits per heavy atom. The standard InChI is InChI=1S/C17H35N5O/c1-13(2)22-10-14(3)16(11-22)20-17(18-5)19-6-7-21-8-9-23-12-15(21)4/h13-16H,6-12H2,1-5H3,(H2,18,19,20). The number of likely N-dealkylation sites (tertiary alicyclic amines) is 1. The molecule has 2 saturated heterocycles. The Labute approximate surface area is 141 Å². The van der Waals surface area contributed by atoms with Gasteiger partial charge in [-0.15, -0.1) is 0 Å². The molecule has 2 aliphatic heterocycles. The maximum Gasteiger partial charge on any atom is 0.191 e. The lowest BCUT2D eigenvalue weighted by Crippen LogP contribution is -2.50. The Morgan fingerprint density at radius 1 is 1.30 bits per heavy atom. The normalized spacial score (nSPS) is 30.9. The molecular weight excluding hydrogens is 290 g/mol. The van der Waals surface area contributed by atoms with Crippen LogP contribution in [0.2, 0.25) is 0 Å². The molecule has 0 aromatic carbocycles. The lowest BCUT2D eigenvalue weighted by Gasteiger charge is -2.33. The number of nitrogens with zero attached hydrogens (tertiary/aromatic N) is 3. The van der Waals surface area contributed by atoms with Crippen LogP contribution in [-0.4, -0.2) is 86.9 Å². The summed E-state index contributed by atoms with van der Waals surface area (Å²) < 4.78 is 5.49. The van der Waals surface area contributed by atoms with E-state index < -0.39 is 0 Å². The fourth-order valence-corrected chi connectivity index (χ4v) is 3.40. The largest absolute Gasteiger partial charge is 0.379 e. The van der Waals surface area contributed by atoms with E-state index in [2.05, 4.69) is 53.1 Å². The van der Waals surface area contributed by atoms with Crippen LogP contribution in [-0.2, 0) is 4.74 Å². The van der Waals surface area contributed by atoms with Crippen LogP contribution in [0.4, 0.5) is 0 Å².